The van der Waals surface area contributed by atoms with E-state index in [1.54, 1.807) is 4.57 Å². The summed E-state index contributed by atoms with van der Waals surface area (Å²) in [5.41, 5.74) is 9.23. The van der Waals surface area contributed by atoms with Gasteiger partial charge >= 0.3 is 0 Å². The van der Waals surface area contributed by atoms with Crippen molar-refractivity contribution in [2.75, 3.05) is 4.90 Å². The summed E-state index contributed by atoms with van der Waals surface area (Å²) in [6.45, 7) is 0. The highest BCUT2D eigenvalue weighted by atomic mass is 32.1. The number of fused-ring (bicyclic) bond motifs is 6. The van der Waals surface area contributed by atoms with E-state index in [2.05, 4.69) is 126 Å². The first-order valence-corrected chi connectivity index (χ1v) is 17.8. The van der Waals surface area contributed by atoms with Gasteiger partial charge < -0.3 is 9.47 Å². The number of para-hydroxylation sites is 2. The van der Waals surface area contributed by atoms with Crippen molar-refractivity contribution < 1.29 is 6.85 Å². The van der Waals surface area contributed by atoms with Crippen molar-refractivity contribution in [1.82, 2.24) is 4.57 Å². The lowest BCUT2D eigenvalue weighted by molar-refractivity contribution is 1.18. The monoisotopic (exact) mass is 673 g/mol. The molecule has 0 amide bonds. The third-order valence-electron chi connectivity index (χ3n) is 9.69. The van der Waals surface area contributed by atoms with Crippen LogP contribution in [0.15, 0.2) is 194 Å². The number of aromatic nitrogens is 1. The van der Waals surface area contributed by atoms with Gasteiger partial charge in [0, 0.05) is 53.7 Å². The zero-order valence-electron chi connectivity index (χ0n) is 32.4. The maximum atomic E-state index is 8.74. The van der Waals surface area contributed by atoms with E-state index in [0.717, 1.165) is 55.6 Å². The molecule has 0 aliphatic carbocycles. The fourth-order valence-electron chi connectivity index (χ4n) is 7.29. The van der Waals surface area contributed by atoms with Crippen molar-refractivity contribution in [3.05, 3.63) is 194 Å². The molecule has 0 aliphatic heterocycles. The van der Waals surface area contributed by atoms with E-state index in [9.17, 15) is 0 Å². The lowest BCUT2D eigenvalue weighted by atomic mass is 10.0. The predicted molar refractivity (Wildman–Crippen MR) is 219 cm³/mol. The fourth-order valence-corrected chi connectivity index (χ4v) is 8.37. The summed E-state index contributed by atoms with van der Waals surface area (Å²) in [5.74, 6) is 0. The van der Waals surface area contributed by atoms with Gasteiger partial charge in [-0.2, -0.15) is 0 Å². The van der Waals surface area contributed by atoms with Crippen LogP contribution in [0.25, 0.3) is 69.9 Å². The molecule has 10 aromatic rings. The zero-order chi connectivity index (χ0) is 38.1. The molecule has 0 saturated heterocycles. The smallest absolute Gasteiger partial charge is 0.0645 e. The second-order valence-electron chi connectivity index (χ2n) is 12.6. The van der Waals surface area contributed by atoms with Gasteiger partial charge in [0.1, 0.15) is 0 Å². The quantitative estimate of drug-likeness (QED) is 0.171. The molecule has 2 nitrogen and oxygen atoms in total. The fraction of sp³-hybridized carbons (Fsp3) is 0. The first-order chi connectivity index (χ1) is 27.4. The zero-order valence-corrected chi connectivity index (χ0v) is 28.2. The normalized spacial score (nSPS) is 12.9. The van der Waals surface area contributed by atoms with Crippen LogP contribution >= 0.6 is 11.3 Å². The Bertz CT molecular complexity index is 3100. The number of benzene rings is 8. The highest BCUT2D eigenvalue weighted by Gasteiger charge is 2.17. The number of hydrogen-bond donors (Lipinski definition) is 0. The van der Waals surface area contributed by atoms with Crippen LogP contribution in [0.1, 0.15) is 6.85 Å². The van der Waals surface area contributed by atoms with E-state index in [4.69, 9.17) is 6.85 Å². The van der Waals surface area contributed by atoms with Crippen molar-refractivity contribution in [3.8, 4) is 27.9 Å². The summed E-state index contributed by atoms with van der Waals surface area (Å²) >= 11 is 1.81. The minimum absolute atomic E-state index is 0.143. The Kier molecular flexibility index (Phi) is 5.89. The van der Waals surface area contributed by atoms with Crippen LogP contribution in [-0.4, -0.2) is 4.57 Å². The van der Waals surface area contributed by atoms with E-state index >= 15 is 0 Å². The lowest BCUT2D eigenvalue weighted by Gasteiger charge is -2.26. The molecular weight excluding hydrogens is 637 g/mol. The number of rotatable bonds is 6. The summed E-state index contributed by atoms with van der Waals surface area (Å²) in [4.78, 5) is 2.31. The molecule has 0 radical (unpaired) electrons. The lowest BCUT2D eigenvalue weighted by Crippen LogP contribution is -2.09. The minimum Gasteiger partial charge on any atom is -0.310 e. The molecule has 0 atom stereocenters. The van der Waals surface area contributed by atoms with Gasteiger partial charge in [-0.25, -0.2) is 0 Å². The first kappa shape index (κ1) is 24.7. The second kappa shape index (κ2) is 12.2. The third-order valence-corrected chi connectivity index (χ3v) is 10.8. The number of hydrogen-bond acceptors (Lipinski definition) is 2. The SMILES string of the molecule is [2H]c1c([2H])c([2H])c(-n2c3ccccc3c3cc(-c4ccc(N(c5ccc(-c6ccccc6)cc5)c5ccc6sc7ccccc7c6c5)cc4)ccc32)c([2H])c1[2H]. The molecular formula is C48H32N2S. The maximum Gasteiger partial charge on any atom is 0.0645 e. The van der Waals surface area contributed by atoms with Gasteiger partial charge in [-0.3, -0.25) is 0 Å². The third kappa shape index (κ3) is 5.10. The molecule has 3 heteroatoms. The molecule has 0 spiro atoms. The molecule has 51 heavy (non-hydrogen) atoms. The molecule has 240 valence electrons. The van der Waals surface area contributed by atoms with Gasteiger partial charge in [-0.05, 0) is 101 Å². The van der Waals surface area contributed by atoms with Crippen molar-refractivity contribution in [2.24, 2.45) is 0 Å². The molecule has 0 unspecified atom stereocenters. The standard InChI is InChI=1S/C48H32N2S/c1-3-11-33(12-4-1)34-19-24-38(25-20-34)49(40-28-30-48-44(32-40)42-16-8-10-18-47(42)51-48)39-26-21-35(22-27-39)36-23-29-46-43(31-36)41-15-7-9-17-45(41)50(46)37-13-5-2-6-14-37/h1-32H/i2D,5D,6D,13D,14D. The molecule has 0 fully saturated rings. The van der Waals surface area contributed by atoms with Gasteiger partial charge in [-0.1, -0.05) is 115 Å². The van der Waals surface area contributed by atoms with Crippen LogP contribution < -0.4 is 4.90 Å². The number of nitrogens with zero attached hydrogens (tertiary/aromatic N) is 2. The molecule has 8 aromatic carbocycles. The van der Waals surface area contributed by atoms with E-state index in [1.807, 2.05) is 53.8 Å². The van der Waals surface area contributed by atoms with E-state index in [-0.39, 0.29) is 29.9 Å². The molecule has 0 N–H and O–H groups in total. The molecule has 10 rings (SSSR count). The van der Waals surface area contributed by atoms with Gasteiger partial charge in [0.2, 0.25) is 0 Å². The van der Waals surface area contributed by atoms with Crippen LogP contribution in [0.3, 0.4) is 0 Å². The Morgan fingerprint density at radius 1 is 0.412 bits per heavy atom. The molecule has 0 bridgehead atoms. The highest BCUT2D eigenvalue weighted by Crippen LogP contribution is 2.42. The molecule has 0 saturated carbocycles. The molecule has 2 aromatic heterocycles. The molecule has 2 heterocycles. The van der Waals surface area contributed by atoms with Crippen molar-refractivity contribution in [2.45, 2.75) is 0 Å². The Balaban J connectivity index is 1.08. The molecule has 0 aliphatic rings. The minimum atomic E-state index is -0.404. The maximum absolute atomic E-state index is 8.74. The predicted octanol–water partition coefficient (Wildman–Crippen LogP) is 14.0. The average molecular weight is 674 g/mol. The van der Waals surface area contributed by atoms with Crippen molar-refractivity contribution in [1.29, 1.82) is 0 Å². The highest BCUT2D eigenvalue weighted by molar-refractivity contribution is 7.25. The second-order valence-corrected chi connectivity index (χ2v) is 13.7. The summed E-state index contributed by atoms with van der Waals surface area (Å²) in [6.07, 6.45) is 0. The topological polar surface area (TPSA) is 8.17 Å². The Morgan fingerprint density at radius 3 is 1.75 bits per heavy atom. The van der Waals surface area contributed by atoms with Gasteiger partial charge in [0.25, 0.3) is 0 Å². The Morgan fingerprint density at radius 2 is 0.980 bits per heavy atom. The van der Waals surface area contributed by atoms with Crippen molar-refractivity contribution >= 4 is 70.4 Å². The van der Waals surface area contributed by atoms with E-state index in [1.165, 1.54) is 25.7 Å². The van der Waals surface area contributed by atoms with Gasteiger partial charge in [-0.15, -0.1) is 11.3 Å². The van der Waals surface area contributed by atoms with Gasteiger partial charge in [0.05, 0.1) is 17.9 Å². The summed E-state index contributed by atoms with van der Waals surface area (Å²) in [7, 11) is 0. The summed E-state index contributed by atoms with van der Waals surface area (Å²) in [6, 6.07) is 55.5. The van der Waals surface area contributed by atoms with E-state index < -0.39 is 6.04 Å². The van der Waals surface area contributed by atoms with Crippen LogP contribution in [0, 0.1) is 0 Å². The Hall–Kier alpha value is -6.42. The first-order valence-electron chi connectivity index (χ1n) is 19.4. The van der Waals surface area contributed by atoms with Crippen LogP contribution in [0.4, 0.5) is 17.1 Å². The number of anilines is 3. The summed E-state index contributed by atoms with van der Waals surface area (Å²) in [5, 5.41) is 4.37. The Labute approximate surface area is 307 Å². The summed E-state index contributed by atoms with van der Waals surface area (Å²) < 4.78 is 46.6. The number of thiophene rings is 1. The van der Waals surface area contributed by atoms with Gasteiger partial charge in [0.15, 0.2) is 0 Å². The largest absolute Gasteiger partial charge is 0.310 e. The van der Waals surface area contributed by atoms with Crippen molar-refractivity contribution in [3.63, 3.8) is 0 Å². The average Bonchev–Trinajstić information content (AvgIpc) is 3.78. The van der Waals surface area contributed by atoms with Crippen LogP contribution in [-0.2, 0) is 0 Å². The van der Waals surface area contributed by atoms with Crippen LogP contribution in [0.2, 0.25) is 0 Å². The van der Waals surface area contributed by atoms with E-state index in [0.29, 0.717) is 0 Å². The van der Waals surface area contributed by atoms with Crippen LogP contribution in [0.5, 0.6) is 0 Å².